The number of carbonyl (C=O) groups is 4. The highest BCUT2D eigenvalue weighted by Gasteiger charge is 2.33. The molecular formula is C40H55FN8O4. The van der Waals surface area contributed by atoms with E-state index in [4.69, 9.17) is 5.73 Å². The molecule has 0 aromatic heterocycles. The van der Waals surface area contributed by atoms with Crippen LogP contribution in [0.1, 0.15) is 82.8 Å². The number of piperazine rings is 2. The third-order valence-corrected chi connectivity index (χ3v) is 12.3. The Kier molecular flexibility index (Phi) is 12.0. The fourth-order valence-electron chi connectivity index (χ4n) is 8.93. The van der Waals surface area contributed by atoms with E-state index in [1.807, 2.05) is 28.0 Å². The second-order valence-corrected chi connectivity index (χ2v) is 15.7. The van der Waals surface area contributed by atoms with Crippen LogP contribution in [0, 0.1) is 17.7 Å². The van der Waals surface area contributed by atoms with E-state index < -0.39 is 5.82 Å². The molecule has 2 atom stereocenters. The first-order valence-electron chi connectivity index (χ1n) is 19.7. The average Bonchev–Trinajstić information content (AvgIpc) is 3.20. The minimum Gasteiger partial charge on any atom is -0.339 e. The van der Waals surface area contributed by atoms with Gasteiger partial charge in [0.1, 0.15) is 5.82 Å². The van der Waals surface area contributed by atoms with Crippen LogP contribution in [-0.4, -0.2) is 133 Å². The van der Waals surface area contributed by atoms with Gasteiger partial charge >= 0.3 is 0 Å². The Morgan fingerprint density at radius 3 is 2.21 bits per heavy atom. The Morgan fingerprint density at radius 1 is 0.792 bits per heavy atom. The van der Waals surface area contributed by atoms with Crippen LogP contribution in [0.25, 0.3) is 0 Å². The van der Waals surface area contributed by atoms with Crippen LogP contribution in [0.3, 0.4) is 0 Å². The molecule has 2 aromatic rings. The molecule has 5 aliphatic rings. The Morgan fingerprint density at radius 2 is 1.47 bits per heavy atom. The van der Waals surface area contributed by atoms with Crippen LogP contribution in [-0.2, 0) is 16.0 Å². The highest BCUT2D eigenvalue weighted by atomic mass is 19.1. The van der Waals surface area contributed by atoms with Crippen molar-refractivity contribution < 1.29 is 23.6 Å². The molecule has 0 spiro atoms. The maximum absolute atomic E-state index is 15.0. The van der Waals surface area contributed by atoms with Crippen LogP contribution in [0.5, 0.6) is 0 Å². The van der Waals surface area contributed by atoms with Gasteiger partial charge in [-0.3, -0.25) is 34.4 Å². The van der Waals surface area contributed by atoms with Gasteiger partial charge in [-0.2, -0.15) is 0 Å². The minimum atomic E-state index is -0.571. The van der Waals surface area contributed by atoms with Gasteiger partial charge in [-0.1, -0.05) is 43.5 Å². The Hall–Kier alpha value is -3.91. The number of benzene rings is 2. The topological polar surface area (TPSA) is 135 Å². The zero-order valence-electron chi connectivity index (χ0n) is 30.8. The number of hydrogen-bond donors (Lipinski definition) is 3. The largest absolute Gasteiger partial charge is 0.339 e. The second-order valence-electron chi connectivity index (χ2n) is 15.7. The molecule has 2 aromatic carbocycles. The van der Waals surface area contributed by atoms with E-state index in [1.165, 1.54) is 25.3 Å². The zero-order valence-corrected chi connectivity index (χ0v) is 30.8. The molecule has 4 N–H and O–H groups in total. The number of carbonyl (C=O) groups excluding carboxylic acids is 4. The van der Waals surface area contributed by atoms with E-state index in [0.29, 0.717) is 56.5 Å². The first-order chi connectivity index (χ1) is 25.7. The summed E-state index contributed by atoms with van der Waals surface area (Å²) >= 11 is 0. The lowest BCUT2D eigenvalue weighted by atomic mass is 9.83. The standard InChI is InChI=1S/C40H55FN8O4/c41-34-11-10-29(25-35-31-8-4-5-9-32(31)38(51)44-43-35)24-33(34)39(52)48-22-20-47(21-23-48)36(50)27-45-14-12-28(13-15-45)26-46-16-18-49(19-17-46)40(53)37(42)30-6-2-1-3-7-30/h4-5,8-11,24,28,30,35,37,43H,1-3,6-7,12-23,25-27,42H2,(H,44,51)/t35?,37-/m1/s1. The number of rotatable bonds is 9. The van der Waals surface area contributed by atoms with Crippen molar-refractivity contribution >= 4 is 23.6 Å². The maximum atomic E-state index is 15.0. The molecular weight excluding hydrogens is 675 g/mol. The average molecular weight is 731 g/mol. The third kappa shape index (κ3) is 8.91. The molecule has 4 fully saturated rings. The van der Waals surface area contributed by atoms with Crippen molar-refractivity contribution in [2.24, 2.45) is 17.6 Å². The molecule has 1 saturated carbocycles. The molecule has 13 heteroatoms. The Balaban J connectivity index is 0.818. The lowest BCUT2D eigenvalue weighted by Gasteiger charge is -2.40. The predicted octanol–water partition coefficient (Wildman–Crippen LogP) is 2.41. The van der Waals surface area contributed by atoms with Crippen molar-refractivity contribution in [2.45, 2.75) is 63.5 Å². The lowest BCUT2D eigenvalue weighted by molar-refractivity contribution is -0.136. The fourth-order valence-corrected chi connectivity index (χ4v) is 8.93. The van der Waals surface area contributed by atoms with Gasteiger partial charge in [0, 0.05) is 64.5 Å². The fraction of sp³-hybridized carbons (Fsp3) is 0.600. The molecule has 1 aliphatic carbocycles. The number of halogens is 1. The highest BCUT2D eigenvalue weighted by Crippen LogP contribution is 2.28. The van der Waals surface area contributed by atoms with Crippen LogP contribution in [0.4, 0.5) is 4.39 Å². The van der Waals surface area contributed by atoms with Gasteiger partial charge in [0.15, 0.2) is 0 Å². The van der Waals surface area contributed by atoms with Crippen LogP contribution >= 0.6 is 0 Å². The van der Waals surface area contributed by atoms with Gasteiger partial charge in [0.25, 0.3) is 11.8 Å². The minimum absolute atomic E-state index is 0.0208. The number of fused-ring (bicyclic) bond motifs is 1. The summed E-state index contributed by atoms with van der Waals surface area (Å²) in [4.78, 5) is 62.2. The first-order valence-corrected chi connectivity index (χ1v) is 19.7. The van der Waals surface area contributed by atoms with Crippen molar-refractivity contribution in [3.8, 4) is 0 Å². The van der Waals surface area contributed by atoms with Crippen molar-refractivity contribution in [2.75, 3.05) is 78.5 Å². The molecule has 7 rings (SSSR count). The predicted molar refractivity (Wildman–Crippen MR) is 199 cm³/mol. The molecule has 53 heavy (non-hydrogen) atoms. The van der Waals surface area contributed by atoms with Crippen LogP contribution in [0.2, 0.25) is 0 Å². The molecule has 4 amide bonds. The van der Waals surface area contributed by atoms with Gasteiger partial charge < -0.3 is 20.4 Å². The number of piperidine rings is 1. The van der Waals surface area contributed by atoms with Crippen LogP contribution < -0.4 is 16.6 Å². The number of nitrogens with two attached hydrogens (primary N) is 1. The summed E-state index contributed by atoms with van der Waals surface area (Å²) < 4.78 is 15.0. The van der Waals surface area contributed by atoms with Crippen LogP contribution in [0.15, 0.2) is 42.5 Å². The van der Waals surface area contributed by atoms with Gasteiger partial charge in [-0.05, 0) is 86.4 Å². The normalized spacial score (nSPS) is 23.0. The van der Waals surface area contributed by atoms with Gasteiger partial charge in [0.2, 0.25) is 11.8 Å². The number of amides is 4. The summed E-state index contributed by atoms with van der Waals surface area (Å²) in [5.41, 5.74) is 14.4. The van der Waals surface area contributed by atoms with E-state index in [-0.39, 0.29) is 41.3 Å². The van der Waals surface area contributed by atoms with Gasteiger partial charge in [-0.15, -0.1) is 0 Å². The summed E-state index contributed by atoms with van der Waals surface area (Å²) in [6, 6.07) is 11.4. The molecule has 4 aliphatic heterocycles. The van der Waals surface area contributed by atoms with Gasteiger partial charge in [-0.25, -0.2) is 9.82 Å². The molecule has 4 heterocycles. The molecule has 0 bridgehead atoms. The zero-order chi connectivity index (χ0) is 36.9. The van der Waals surface area contributed by atoms with Crippen molar-refractivity contribution in [1.29, 1.82) is 0 Å². The van der Waals surface area contributed by atoms with E-state index in [0.717, 1.165) is 82.6 Å². The number of nitrogens with one attached hydrogen (secondary N) is 2. The molecule has 3 saturated heterocycles. The van der Waals surface area contributed by atoms with E-state index in [1.54, 1.807) is 23.1 Å². The van der Waals surface area contributed by atoms with Crippen molar-refractivity contribution in [3.05, 3.63) is 70.5 Å². The number of likely N-dealkylation sites (tertiary alicyclic amines) is 1. The van der Waals surface area contributed by atoms with E-state index >= 15 is 0 Å². The molecule has 286 valence electrons. The Labute approximate surface area is 312 Å². The summed E-state index contributed by atoms with van der Waals surface area (Å²) in [5.74, 6) is -0.0193. The summed E-state index contributed by atoms with van der Waals surface area (Å²) in [6.45, 7) is 8.00. The van der Waals surface area contributed by atoms with Crippen molar-refractivity contribution in [3.63, 3.8) is 0 Å². The quantitative estimate of drug-likeness (QED) is 0.359. The highest BCUT2D eigenvalue weighted by molar-refractivity contribution is 5.96. The maximum Gasteiger partial charge on any atom is 0.265 e. The summed E-state index contributed by atoms with van der Waals surface area (Å²) in [5, 5.41) is 0. The smallest absolute Gasteiger partial charge is 0.265 e. The molecule has 12 nitrogen and oxygen atoms in total. The molecule has 1 unspecified atom stereocenters. The number of nitrogens with zero attached hydrogens (tertiary/aromatic N) is 5. The third-order valence-electron chi connectivity index (χ3n) is 12.3. The van der Waals surface area contributed by atoms with E-state index in [2.05, 4.69) is 20.7 Å². The SMILES string of the molecule is N[C@@H](C(=O)N1CCN(CC2CCN(CC(=O)N3CCN(C(=O)c4cc(CC5NNC(=O)c6ccccc65)ccc4F)CC3)CC2)CC1)C1CCCCC1. The molecule has 0 radical (unpaired) electrons. The summed E-state index contributed by atoms with van der Waals surface area (Å²) in [7, 11) is 0. The number of hydrazine groups is 1. The lowest BCUT2D eigenvalue weighted by Crippen LogP contribution is -2.56. The number of hydrogen-bond acceptors (Lipinski definition) is 8. The second kappa shape index (κ2) is 17.0. The Bertz CT molecular complexity index is 1630. The van der Waals surface area contributed by atoms with Gasteiger partial charge in [0.05, 0.1) is 24.2 Å². The summed E-state index contributed by atoms with van der Waals surface area (Å²) in [6.07, 6.45) is 8.34. The van der Waals surface area contributed by atoms with E-state index in [9.17, 15) is 23.6 Å². The monoisotopic (exact) mass is 730 g/mol. The van der Waals surface area contributed by atoms with Crippen molar-refractivity contribution in [1.82, 2.24) is 35.4 Å². The first kappa shape index (κ1) is 37.4.